The number of benzene rings is 1. The fourth-order valence-corrected chi connectivity index (χ4v) is 2.61. The summed E-state index contributed by atoms with van der Waals surface area (Å²) in [5.74, 6) is 0. The Hall–Kier alpha value is -0.900. The van der Waals surface area contributed by atoms with Crippen LogP contribution in [0.15, 0.2) is 18.2 Å². The summed E-state index contributed by atoms with van der Waals surface area (Å²) in [5, 5.41) is 0. The maximum absolute atomic E-state index is 6.06. The van der Waals surface area contributed by atoms with Gasteiger partial charge in [-0.05, 0) is 32.0 Å². The number of aryl methyl sites for hydroxylation is 2. The molecular weight excluding hydrogens is 212 g/mol. The zero-order valence-electron chi connectivity index (χ0n) is 11.0. The molecule has 2 N–H and O–H groups in total. The number of hydrogen-bond acceptors (Lipinski definition) is 3. The molecule has 3 nitrogen and oxygen atoms in total. The quantitative estimate of drug-likeness (QED) is 0.841. The molecule has 1 aromatic rings. The minimum atomic E-state index is -0.158. The smallest absolute Gasteiger partial charge is 0.0821 e. The molecule has 0 spiro atoms. The molecule has 0 bridgehead atoms. The first kappa shape index (κ1) is 12.6. The van der Waals surface area contributed by atoms with Crippen LogP contribution in [-0.4, -0.2) is 38.3 Å². The second-order valence-electron chi connectivity index (χ2n) is 5.03. The van der Waals surface area contributed by atoms with Crippen LogP contribution >= 0.6 is 0 Å². The van der Waals surface area contributed by atoms with Crippen LogP contribution in [0.4, 0.5) is 0 Å². The Labute approximate surface area is 104 Å². The molecule has 1 fully saturated rings. The van der Waals surface area contributed by atoms with Gasteiger partial charge in [-0.2, -0.15) is 0 Å². The average Bonchev–Trinajstić information content (AvgIpc) is 2.33. The number of hydrogen-bond donors (Lipinski definition) is 1. The van der Waals surface area contributed by atoms with Gasteiger partial charge in [0.2, 0.25) is 0 Å². The normalized spacial score (nSPS) is 26.1. The summed E-state index contributed by atoms with van der Waals surface area (Å²) in [6, 6.07) is 6.56. The van der Waals surface area contributed by atoms with E-state index >= 15 is 0 Å². The van der Waals surface area contributed by atoms with Crippen molar-refractivity contribution in [1.29, 1.82) is 0 Å². The fourth-order valence-electron chi connectivity index (χ4n) is 2.61. The predicted molar refractivity (Wildman–Crippen MR) is 70.1 cm³/mol. The lowest BCUT2D eigenvalue weighted by atomic mass is 9.84. The topological polar surface area (TPSA) is 38.5 Å². The minimum absolute atomic E-state index is 0.158. The first-order chi connectivity index (χ1) is 8.10. The third-order valence-electron chi connectivity index (χ3n) is 3.87. The summed E-state index contributed by atoms with van der Waals surface area (Å²) in [6.45, 7) is 7.28. The number of likely N-dealkylation sites (N-methyl/N-ethyl adjacent to an activating group) is 1. The van der Waals surface area contributed by atoms with Gasteiger partial charge in [0.1, 0.15) is 0 Å². The van der Waals surface area contributed by atoms with Gasteiger partial charge in [0.05, 0.1) is 18.8 Å². The van der Waals surface area contributed by atoms with Crippen molar-refractivity contribution in [3.05, 3.63) is 34.9 Å². The van der Waals surface area contributed by atoms with E-state index in [0.29, 0.717) is 13.2 Å². The molecule has 1 unspecified atom stereocenters. The van der Waals surface area contributed by atoms with E-state index in [9.17, 15) is 0 Å². The highest BCUT2D eigenvalue weighted by atomic mass is 16.5. The Bertz CT molecular complexity index is 405. The van der Waals surface area contributed by atoms with Gasteiger partial charge in [-0.1, -0.05) is 23.8 Å². The van der Waals surface area contributed by atoms with Crippen molar-refractivity contribution in [2.24, 2.45) is 5.73 Å². The number of nitrogens with zero attached hydrogens (tertiary/aromatic N) is 1. The molecule has 0 aromatic heterocycles. The van der Waals surface area contributed by atoms with Crippen molar-refractivity contribution in [2.75, 3.05) is 33.4 Å². The van der Waals surface area contributed by atoms with Gasteiger partial charge in [0.25, 0.3) is 0 Å². The van der Waals surface area contributed by atoms with Crippen LogP contribution in [0.5, 0.6) is 0 Å². The lowest BCUT2D eigenvalue weighted by Gasteiger charge is -2.45. The highest BCUT2D eigenvalue weighted by molar-refractivity contribution is 5.37. The van der Waals surface area contributed by atoms with Crippen molar-refractivity contribution >= 4 is 0 Å². The van der Waals surface area contributed by atoms with Crippen molar-refractivity contribution in [3.8, 4) is 0 Å². The molecule has 1 heterocycles. The molecule has 3 heteroatoms. The average molecular weight is 234 g/mol. The third-order valence-corrected chi connectivity index (χ3v) is 3.87. The largest absolute Gasteiger partial charge is 0.378 e. The van der Waals surface area contributed by atoms with Gasteiger partial charge < -0.3 is 10.5 Å². The minimum Gasteiger partial charge on any atom is -0.378 e. The standard InChI is InChI=1S/C14H22N2O/c1-11-4-5-12(2)13(8-11)14(9-15)10-17-7-6-16(14)3/h4-5,8H,6-7,9-10,15H2,1-3H3. The Morgan fingerprint density at radius 1 is 1.41 bits per heavy atom. The molecule has 0 amide bonds. The van der Waals surface area contributed by atoms with E-state index in [4.69, 9.17) is 10.5 Å². The molecule has 2 rings (SSSR count). The Kier molecular flexibility index (Phi) is 3.52. The molecule has 1 atom stereocenters. The first-order valence-corrected chi connectivity index (χ1v) is 6.17. The van der Waals surface area contributed by atoms with Gasteiger partial charge in [-0.15, -0.1) is 0 Å². The van der Waals surface area contributed by atoms with Gasteiger partial charge >= 0.3 is 0 Å². The van der Waals surface area contributed by atoms with Crippen LogP contribution < -0.4 is 5.73 Å². The zero-order valence-corrected chi connectivity index (χ0v) is 11.0. The lowest BCUT2D eigenvalue weighted by Crippen LogP contribution is -2.57. The Morgan fingerprint density at radius 3 is 2.82 bits per heavy atom. The van der Waals surface area contributed by atoms with E-state index in [0.717, 1.165) is 13.2 Å². The highest BCUT2D eigenvalue weighted by Gasteiger charge is 2.39. The van der Waals surface area contributed by atoms with Gasteiger partial charge in [0, 0.05) is 13.1 Å². The molecule has 0 saturated carbocycles. The Morgan fingerprint density at radius 2 is 2.18 bits per heavy atom. The van der Waals surface area contributed by atoms with E-state index < -0.39 is 0 Å². The second-order valence-corrected chi connectivity index (χ2v) is 5.03. The first-order valence-electron chi connectivity index (χ1n) is 6.17. The summed E-state index contributed by atoms with van der Waals surface area (Å²) >= 11 is 0. The van der Waals surface area contributed by atoms with Gasteiger partial charge in [-0.25, -0.2) is 0 Å². The van der Waals surface area contributed by atoms with Crippen molar-refractivity contribution in [3.63, 3.8) is 0 Å². The maximum atomic E-state index is 6.06. The van der Waals surface area contributed by atoms with Crippen molar-refractivity contribution < 1.29 is 4.74 Å². The summed E-state index contributed by atoms with van der Waals surface area (Å²) < 4.78 is 5.67. The van der Waals surface area contributed by atoms with E-state index in [1.807, 2.05) is 0 Å². The summed E-state index contributed by atoms with van der Waals surface area (Å²) in [4.78, 5) is 2.33. The molecule has 17 heavy (non-hydrogen) atoms. The van der Waals surface area contributed by atoms with E-state index in [2.05, 4.69) is 44.0 Å². The highest BCUT2D eigenvalue weighted by Crippen LogP contribution is 2.32. The molecule has 1 saturated heterocycles. The van der Waals surface area contributed by atoms with Crippen LogP contribution in [0.25, 0.3) is 0 Å². The number of ether oxygens (including phenoxy) is 1. The van der Waals surface area contributed by atoms with Gasteiger partial charge in [0.15, 0.2) is 0 Å². The van der Waals surface area contributed by atoms with Crippen LogP contribution in [0.1, 0.15) is 16.7 Å². The number of nitrogens with two attached hydrogens (primary N) is 1. The van der Waals surface area contributed by atoms with Crippen LogP contribution in [-0.2, 0) is 10.3 Å². The molecule has 1 aliphatic heterocycles. The lowest BCUT2D eigenvalue weighted by molar-refractivity contribution is -0.0552. The van der Waals surface area contributed by atoms with Crippen molar-refractivity contribution in [1.82, 2.24) is 4.90 Å². The van der Waals surface area contributed by atoms with E-state index in [1.165, 1.54) is 16.7 Å². The maximum Gasteiger partial charge on any atom is 0.0821 e. The number of morpholine rings is 1. The zero-order chi connectivity index (χ0) is 12.5. The molecule has 1 aliphatic rings. The van der Waals surface area contributed by atoms with Crippen LogP contribution in [0, 0.1) is 13.8 Å². The second kappa shape index (κ2) is 4.77. The monoisotopic (exact) mass is 234 g/mol. The number of rotatable bonds is 2. The Balaban J connectivity index is 2.49. The summed E-state index contributed by atoms with van der Waals surface area (Å²) in [6.07, 6.45) is 0. The SMILES string of the molecule is Cc1ccc(C)c(C2(CN)COCCN2C)c1. The van der Waals surface area contributed by atoms with E-state index in [-0.39, 0.29) is 5.54 Å². The predicted octanol–water partition coefficient (Wildman–Crippen LogP) is 1.42. The summed E-state index contributed by atoms with van der Waals surface area (Å²) in [5.41, 5.74) is 9.77. The fraction of sp³-hybridized carbons (Fsp3) is 0.571. The molecule has 1 aromatic carbocycles. The molecular formula is C14H22N2O. The third kappa shape index (κ3) is 2.10. The van der Waals surface area contributed by atoms with E-state index in [1.54, 1.807) is 0 Å². The molecule has 0 aliphatic carbocycles. The van der Waals surface area contributed by atoms with Crippen LogP contribution in [0.2, 0.25) is 0 Å². The van der Waals surface area contributed by atoms with Gasteiger partial charge in [-0.3, -0.25) is 4.90 Å². The summed E-state index contributed by atoms with van der Waals surface area (Å²) in [7, 11) is 2.14. The van der Waals surface area contributed by atoms with Crippen molar-refractivity contribution in [2.45, 2.75) is 19.4 Å². The molecule has 0 radical (unpaired) electrons. The molecule has 94 valence electrons. The van der Waals surface area contributed by atoms with Crippen LogP contribution in [0.3, 0.4) is 0 Å².